The van der Waals surface area contributed by atoms with Gasteiger partial charge in [-0.3, -0.25) is 0 Å². The quantitative estimate of drug-likeness (QED) is 0.0534. The van der Waals surface area contributed by atoms with Crippen LogP contribution in [0.25, 0.3) is 0 Å². The molecule has 534 valence electrons. The molecule has 0 aliphatic heterocycles. The molecule has 0 nitrogen and oxygen atoms in total. The van der Waals surface area contributed by atoms with E-state index in [2.05, 4.69) is 384 Å². The van der Waals surface area contributed by atoms with E-state index in [0.717, 1.165) is 7.96 Å². The molecule has 0 rings (SSSR count). The first kappa shape index (κ1) is 127. The van der Waals surface area contributed by atoms with Gasteiger partial charge in [0.1, 0.15) is 0 Å². The minimum atomic E-state index is -0.568. The third kappa shape index (κ3) is 45.0. The largest absolute Gasteiger partial charge is 0.102 e. The van der Waals surface area contributed by atoms with Gasteiger partial charge in [0.05, 0.1) is 0 Å². The van der Waals surface area contributed by atoms with Crippen molar-refractivity contribution < 1.29 is 0 Å². The van der Waals surface area contributed by atoms with Crippen LogP contribution in [0.4, 0.5) is 0 Å². The van der Waals surface area contributed by atoms with Crippen LogP contribution in [0, 0.1) is 0 Å². The van der Waals surface area contributed by atoms with Crippen molar-refractivity contribution in [2.75, 3.05) is 0 Å². The summed E-state index contributed by atoms with van der Waals surface area (Å²) in [5.74, 6) is 0. The normalized spacial score (nSPS) is 15.7. The van der Waals surface area contributed by atoms with Gasteiger partial charge in [0, 0.05) is 0 Å². The van der Waals surface area contributed by atoms with E-state index in [1.54, 1.807) is 0 Å². The van der Waals surface area contributed by atoms with Crippen molar-refractivity contribution in [2.24, 2.45) is 0 Å². The molecule has 0 aromatic rings. The smallest absolute Gasteiger partial charge is 0.00000187 e. The topological polar surface area (TPSA) is 0 Å². The number of hydrogen-bond donors (Lipinski definition) is 0. The van der Waals surface area contributed by atoms with E-state index in [4.69, 9.17) is 17.9 Å². The van der Waals surface area contributed by atoms with Gasteiger partial charge in [-0.2, -0.15) is 0 Å². The summed E-state index contributed by atoms with van der Waals surface area (Å²) in [4.78, 5) is 0. The standard InChI is InChI=1S/H89P89/c1-46-69(47(2)3)80(68(44)45)86(81(70(48(4)5)49(6)7)71(50(8)9)51(10)11)89(87(82(72(52(12)13)53(14)15)73(54(16)17)55(18)19)83(74(56(20)21)57(22)23)75(58(24)25)59(26)27)88(84(76(60(28)29)61(30)31)77(62(32)33)63(34)35)85(78(64(36)37)65(38)39)79(66(40)41)67(42)43/h1-2,46H,3-45H2. The van der Waals surface area contributed by atoms with Crippen molar-refractivity contribution >= 4 is 710 Å². The Morgan fingerprint density at radius 1 is 0.135 bits per heavy atom. The minimum Gasteiger partial charge on any atom is -0.102 e. The average molecular weight is 2850 g/mol. The van der Waals surface area contributed by atoms with Crippen LogP contribution in [0.1, 0.15) is 0 Å². The summed E-state index contributed by atoms with van der Waals surface area (Å²) in [6.45, 7) is -17.6. The molecule has 0 amide bonds. The van der Waals surface area contributed by atoms with Crippen molar-refractivity contribution in [3.05, 3.63) is 0 Å². The first-order valence-corrected chi connectivity index (χ1v) is 182. The Kier molecular flexibility index (Phi) is 100. The molecule has 0 aliphatic rings. The van der Waals surface area contributed by atoms with Gasteiger partial charge in [-0.15, -0.1) is 384 Å². The third-order valence-electron chi connectivity index (χ3n) is 7.85. The van der Waals surface area contributed by atoms with Crippen molar-refractivity contribution in [3.63, 3.8) is 0 Å². The van der Waals surface area contributed by atoms with Gasteiger partial charge in [-0.25, -0.2) is 0 Å². The summed E-state index contributed by atoms with van der Waals surface area (Å²) in [6, 6.07) is 0. The van der Waals surface area contributed by atoms with Crippen molar-refractivity contribution in [2.45, 2.75) is 0 Å². The fraction of sp³-hybridized carbons (Fsp3) is 0. The molecule has 0 heterocycles. The monoisotopic (exact) mass is 2850 g/mol. The third-order valence-corrected chi connectivity index (χ3v) is 636. The predicted octanol–water partition coefficient (Wildman–Crippen LogP) is 52.8. The summed E-state index contributed by atoms with van der Waals surface area (Å²) in [7, 11) is 171. The van der Waals surface area contributed by atoms with Gasteiger partial charge in [-0.1, -0.05) is 25.8 Å². The Bertz CT molecular complexity index is 1420. The molecule has 0 saturated heterocycles. The maximum Gasteiger partial charge on any atom is -0.00000187 e. The van der Waals surface area contributed by atoms with Crippen LogP contribution in [0.2, 0.25) is 0 Å². The molecule has 0 aromatic heterocycles. The molecule has 0 bridgehead atoms. The highest BCUT2D eigenvalue weighted by atomic mass is 33.6. The second kappa shape index (κ2) is 70.0. The van der Waals surface area contributed by atoms with Gasteiger partial charge in [0.25, 0.3) is 0 Å². The van der Waals surface area contributed by atoms with Crippen molar-refractivity contribution in [3.8, 4) is 0 Å². The van der Waals surface area contributed by atoms with E-state index in [1.807, 2.05) is 0 Å². The summed E-state index contributed by atoms with van der Waals surface area (Å²) < 4.78 is 0. The second-order valence-electron chi connectivity index (χ2n) is 14.1. The molecule has 0 spiro atoms. The highest BCUT2D eigenvalue weighted by molar-refractivity contribution is 9.59. The zero-order valence-corrected chi connectivity index (χ0v) is 137. The lowest BCUT2D eigenvalue weighted by molar-refractivity contribution is 4.30. The maximum absolute atomic E-state index is 4.85. The molecule has 89 heavy (non-hydrogen) atoms. The highest BCUT2D eigenvalue weighted by Crippen LogP contribution is 3.53. The first-order chi connectivity index (χ1) is 40.5. The lowest BCUT2D eigenvalue weighted by Crippen LogP contribution is -1.76. The van der Waals surface area contributed by atoms with Crippen LogP contribution >= 0.6 is 710 Å². The molecule has 48 unspecified atom stereocenters. The van der Waals surface area contributed by atoms with Gasteiger partial charge in [0.15, 0.2) is 0 Å². The fourth-order valence-corrected chi connectivity index (χ4v) is 1320. The highest BCUT2D eigenvalue weighted by Gasteiger charge is 2.66. The Labute approximate surface area is 698 Å². The Hall–Kier alpha value is 38.3. The molecule has 2 radical (unpaired) electrons. The Morgan fingerprint density at radius 3 is 0.281 bits per heavy atom. The lowest BCUT2D eigenvalue weighted by Gasteiger charge is -2.63. The van der Waals surface area contributed by atoms with Crippen LogP contribution in [-0.2, 0) is 0 Å². The average Bonchev–Trinajstić information content (AvgIpc) is 3.31. The van der Waals surface area contributed by atoms with Gasteiger partial charge < -0.3 is 0 Å². The zero-order valence-electron chi connectivity index (χ0n) is 45.6. The van der Waals surface area contributed by atoms with Crippen LogP contribution in [0.15, 0.2) is 0 Å². The summed E-state index contributed by atoms with van der Waals surface area (Å²) in [6.07, 6.45) is 0. The van der Waals surface area contributed by atoms with Crippen molar-refractivity contribution in [1.82, 2.24) is 0 Å². The minimum absolute atomic E-state index is 0.359. The summed E-state index contributed by atoms with van der Waals surface area (Å²) in [5, 5.41) is 0. The van der Waals surface area contributed by atoms with Gasteiger partial charge in [0.2, 0.25) is 0 Å². The predicted molar refractivity (Wildman–Crippen MR) is 740 cm³/mol. The molecule has 0 saturated carbocycles. The number of rotatable bonds is 43. The summed E-state index contributed by atoms with van der Waals surface area (Å²) in [5.41, 5.74) is 0. The first-order valence-electron chi connectivity index (χ1n) is 20.2. The fourth-order valence-electron chi connectivity index (χ4n) is 5.42. The zero-order chi connectivity index (χ0) is 70.5. The van der Waals surface area contributed by atoms with E-state index in [0.29, 0.717) is 0 Å². The van der Waals surface area contributed by atoms with Crippen molar-refractivity contribution in [1.29, 1.82) is 0 Å². The van der Waals surface area contributed by atoms with Crippen LogP contribution in [-0.4, -0.2) is 0 Å². The molecule has 89 heteroatoms. The maximum atomic E-state index is 4.85. The SMILES string of the molecule is [PH]PP(P([PH])P)P(P(P)P)P(P(P(P(P)P)P(P)P)P(P(P)P)P(P)P)P(P(P(P(P(P)P)P(P)P)P(P(P)P)P(P)P)P(P(P(P)P)P(P)P)P(P(P)P)P(P)P)P(P(P(P(P)P)P(P)P)P(P(P)P)P(P)P)P(P(P(P)P)P(P)P)P(P(P)P)P(P)P. The van der Waals surface area contributed by atoms with Gasteiger partial charge >= 0.3 is 0 Å². The molecule has 48 atom stereocenters. The van der Waals surface area contributed by atoms with Gasteiger partial charge in [-0.05, 0) is 300 Å². The lowest BCUT2D eigenvalue weighted by atomic mass is 28.4. The van der Waals surface area contributed by atoms with E-state index < -0.39 is 196 Å². The molecular weight excluding hydrogens is 2760 g/mol. The summed E-state index contributed by atoms with van der Waals surface area (Å²) >= 11 is 0. The number of hydrogen-bond acceptors (Lipinski definition) is 0. The molecule has 0 aliphatic carbocycles. The Balaban J connectivity index is 13.6. The van der Waals surface area contributed by atoms with E-state index in [1.165, 1.54) is 0 Å². The van der Waals surface area contributed by atoms with E-state index in [-0.39, 0.29) is 105 Å². The second-order valence-corrected chi connectivity index (χ2v) is 381. The van der Waals surface area contributed by atoms with Crippen LogP contribution in [0.3, 0.4) is 0 Å². The van der Waals surface area contributed by atoms with Crippen LogP contribution < -0.4 is 0 Å². The Morgan fingerprint density at radius 2 is 0.213 bits per heavy atom. The van der Waals surface area contributed by atoms with E-state index in [9.17, 15) is 0 Å². The van der Waals surface area contributed by atoms with E-state index >= 15 is 0 Å². The molecule has 0 N–H and O–H groups in total. The molecular formula is H89P89. The van der Waals surface area contributed by atoms with Crippen LogP contribution in [0.5, 0.6) is 0 Å². The molecule has 0 aromatic carbocycles. The molecule has 0 fully saturated rings.